The van der Waals surface area contributed by atoms with Crippen LogP contribution in [-0.2, 0) is 12.5 Å². The molecule has 0 heterocycles. The molecule has 4 nitrogen and oxygen atoms in total. The fourth-order valence-corrected chi connectivity index (χ4v) is 3.00. The Kier molecular flexibility index (Phi) is 5.90. The van der Waals surface area contributed by atoms with Crippen LogP contribution in [0.4, 0.5) is 13.6 Å². The minimum Gasteiger partial charge on any atom is -0.387 e. The number of carbonyl (C=O) groups excluding carboxylic acids is 1. The first-order chi connectivity index (χ1) is 13.3. The average Bonchev–Trinajstić information content (AvgIpc) is 2.69. The van der Waals surface area contributed by atoms with E-state index in [0.717, 1.165) is 23.3 Å². The van der Waals surface area contributed by atoms with E-state index in [0.29, 0.717) is 5.56 Å². The number of aliphatic hydroxyl groups is 1. The number of hydrogen-bond donors (Lipinski definition) is 3. The molecule has 3 N–H and O–H groups in total. The Morgan fingerprint density at radius 3 is 2.39 bits per heavy atom. The third-order valence-corrected chi connectivity index (χ3v) is 4.55. The summed E-state index contributed by atoms with van der Waals surface area (Å²) in [7, 11) is 0. The first kappa shape index (κ1) is 19.8. The van der Waals surface area contributed by atoms with E-state index >= 15 is 0 Å². The van der Waals surface area contributed by atoms with Gasteiger partial charge >= 0.3 is 6.03 Å². The normalized spacial score (nSPS) is 12.6. The smallest absolute Gasteiger partial charge is 0.315 e. The molecule has 0 saturated heterocycles. The third kappa shape index (κ3) is 4.84. The summed E-state index contributed by atoms with van der Waals surface area (Å²) in [5, 5.41) is 17.7. The van der Waals surface area contributed by atoms with Gasteiger partial charge in [0.05, 0.1) is 6.10 Å². The minimum absolute atomic E-state index is 0.0564. The van der Waals surface area contributed by atoms with E-state index in [2.05, 4.69) is 10.6 Å². The van der Waals surface area contributed by atoms with E-state index in [1.165, 1.54) is 12.1 Å². The molecule has 1 atom stereocenters. The summed E-state index contributed by atoms with van der Waals surface area (Å²) in [6.45, 7) is 1.10. The van der Waals surface area contributed by atoms with Crippen LogP contribution >= 0.6 is 0 Å². The van der Waals surface area contributed by atoms with E-state index < -0.39 is 18.1 Å². The number of halogens is 2. The van der Waals surface area contributed by atoms with E-state index in [9.17, 15) is 18.7 Å². The number of rotatable bonds is 6. The molecule has 6 heteroatoms. The standard InChI is InChI=1S/C22H22F2N2O2/c1-22(23,24)17-11-9-15(10-12-17)13-25-21(28)26-14-20(27)19-8-4-6-16-5-2-3-7-18(16)19/h2-12,20,27H,13-14H2,1H3,(H2,25,26,28). The van der Waals surface area contributed by atoms with Gasteiger partial charge in [0, 0.05) is 25.6 Å². The molecule has 0 spiro atoms. The average molecular weight is 384 g/mol. The SMILES string of the molecule is CC(F)(F)c1ccc(CNC(=O)NCC(O)c2cccc3ccccc23)cc1. The minimum atomic E-state index is -2.89. The van der Waals surface area contributed by atoms with Crippen LogP contribution in [0.1, 0.15) is 29.7 Å². The molecule has 0 bridgehead atoms. The predicted molar refractivity (Wildman–Crippen MR) is 105 cm³/mol. The zero-order valence-electron chi connectivity index (χ0n) is 15.5. The second-order valence-corrected chi connectivity index (χ2v) is 6.73. The fraction of sp³-hybridized carbons (Fsp3) is 0.227. The van der Waals surface area contributed by atoms with Gasteiger partial charge in [-0.25, -0.2) is 13.6 Å². The van der Waals surface area contributed by atoms with E-state index in [4.69, 9.17) is 0 Å². The second-order valence-electron chi connectivity index (χ2n) is 6.73. The van der Waals surface area contributed by atoms with Gasteiger partial charge in [-0.1, -0.05) is 66.7 Å². The van der Waals surface area contributed by atoms with Crippen LogP contribution in [0.2, 0.25) is 0 Å². The molecule has 3 aromatic carbocycles. The van der Waals surface area contributed by atoms with Crippen molar-refractivity contribution in [2.45, 2.75) is 25.5 Å². The molecule has 3 aromatic rings. The molecule has 0 aliphatic carbocycles. The highest BCUT2D eigenvalue weighted by molar-refractivity contribution is 5.86. The van der Waals surface area contributed by atoms with Crippen LogP contribution in [0.15, 0.2) is 66.7 Å². The highest BCUT2D eigenvalue weighted by Crippen LogP contribution is 2.27. The molecule has 0 fully saturated rings. The Balaban J connectivity index is 1.52. The van der Waals surface area contributed by atoms with Crippen molar-refractivity contribution in [1.82, 2.24) is 10.6 Å². The topological polar surface area (TPSA) is 61.4 Å². The maximum absolute atomic E-state index is 13.2. The van der Waals surface area contributed by atoms with Crippen LogP contribution in [0, 0.1) is 0 Å². The van der Waals surface area contributed by atoms with Gasteiger partial charge in [0.2, 0.25) is 0 Å². The first-order valence-corrected chi connectivity index (χ1v) is 8.99. The summed E-state index contributed by atoms with van der Waals surface area (Å²) in [5.41, 5.74) is 1.38. The highest BCUT2D eigenvalue weighted by atomic mass is 19.3. The molecule has 0 aromatic heterocycles. The lowest BCUT2D eigenvalue weighted by Gasteiger charge is -2.15. The van der Waals surface area contributed by atoms with E-state index in [1.807, 2.05) is 42.5 Å². The van der Waals surface area contributed by atoms with Gasteiger partial charge < -0.3 is 15.7 Å². The number of alkyl halides is 2. The molecule has 0 saturated carbocycles. The molecular formula is C22H22F2N2O2. The Morgan fingerprint density at radius 1 is 1.00 bits per heavy atom. The van der Waals surface area contributed by atoms with Crippen molar-refractivity contribution < 1.29 is 18.7 Å². The zero-order chi connectivity index (χ0) is 20.1. The Bertz CT molecular complexity index is 947. The van der Waals surface area contributed by atoms with Gasteiger partial charge in [0.1, 0.15) is 0 Å². The number of carbonyl (C=O) groups is 1. The van der Waals surface area contributed by atoms with Crippen molar-refractivity contribution in [3.63, 3.8) is 0 Å². The Morgan fingerprint density at radius 2 is 1.68 bits per heavy atom. The number of benzene rings is 3. The zero-order valence-corrected chi connectivity index (χ0v) is 15.5. The van der Waals surface area contributed by atoms with Gasteiger partial charge in [-0.15, -0.1) is 0 Å². The van der Waals surface area contributed by atoms with Gasteiger partial charge in [0.25, 0.3) is 5.92 Å². The van der Waals surface area contributed by atoms with Crippen LogP contribution in [0.5, 0.6) is 0 Å². The second kappa shape index (κ2) is 8.35. The quantitative estimate of drug-likeness (QED) is 0.587. The summed E-state index contributed by atoms with van der Waals surface area (Å²) in [6, 6.07) is 18.7. The van der Waals surface area contributed by atoms with E-state index in [-0.39, 0.29) is 18.7 Å². The van der Waals surface area contributed by atoms with Gasteiger partial charge in [0.15, 0.2) is 0 Å². The largest absolute Gasteiger partial charge is 0.387 e. The summed E-state index contributed by atoms with van der Waals surface area (Å²) in [6.07, 6.45) is -0.845. The van der Waals surface area contributed by atoms with Crippen LogP contribution in [-0.4, -0.2) is 17.7 Å². The molecule has 2 amide bonds. The number of aliphatic hydroxyl groups excluding tert-OH is 1. The predicted octanol–water partition coefficient (Wildman–Crippen LogP) is 4.48. The van der Waals surface area contributed by atoms with Crippen molar-refractivity contribution in [3.05, 3.63) is 83.4 Å². The van der Waals surface area contributed by atoms with Crippen molar-refractivity contribution in [1.29, 1.82) is 0 Å². The molecule has 0 radical (unpaired) electrons. The lowest BCUT2D eigenvalue weighted by Crippen LogP contribution is -2.37. The Labute approximate surface area is 162 Å². The molecule has 146 valence electrons. The fourth-order valence-electron chi connectivity index (χ4n) is 3.00. The highest BCUT2D eigenvalue weighted by Gasteiger charge is 2.23. The van der Waals surface area contributed by atoms with Gasteiger partial charge in [-0.3, -0.25) is 0 Å². The number of urea groups is 1. The van der Waals surface area contributed by atoms with Gasteiger partial charge in [-0.2, -0.15) is 0 Å². The number of hydrogen-bond acceptors (Lipinski definition) is 2. The summed E-state index contributed by atoms with van der Waals surface area (Å²) < 4.78 is 26.4. The van der Waals surface area contributed by atoms with Crippen LogP contribution in [0.3, 0.4) is 0 Å². The van der Waals surface area contributed by atoms with Gasteiger partial charge in [-0.05, 0) is 21.9 Å². The number of nitrogens with one attached hydrogen (secondary N) is 2. The molecule has 0 aliphatic heterocycles. The lowest BCUT2D eigenvalue weighted by molar-refractivity contribution is 0.0174. The summed E-state index contributed by atoms with van der Waals surface area (Å²) in [5.74, 6) is -2.89. The number of amides is 2. The lowest BCUT2D eigenvalue weighted by atomic mass is 10.0. The third-order valence-electron chi connectivity index (χ3n) is 4.55. The summed E-state index contributed by atoms with van der Waals surface area (Å²) >= 11 is 0. The summed E-state index contributed by atoms with van der Waals surface area (Å²) in [4.78, 5) is 12.0. The van der Waals surface area contributed by atoms with Crippen molar-refractivity contribution in [3.8, 4) is 0 Å². The molecule has 28 heavy (non-hydrogen) atoms. The van der Waals surface area contributed by atoms with Crippen molar-refractivity contribution in [2.75, 3.05) is 6.54 Å². The maximum Gasteiger partial charge on any atom is 0.315 e. The monoisotopic (exact) mass is 384 g/mol. The van der Waals surface area contributed by atoms with Crippen molar-refractivity contribution in [2.24, 2.45) is 0 Å². The van der Waals surface area contributed by atoms with Crippen molar-refractivity contribution >= 4 is 16.8 Å². The number of fused-ring (bicyclic) bond motifs is 1. The van der Waals surface area contributed by atoms with E-state index in [1.54, 1.807) is 12.1 Å². The molecule has 1 unspecified atom stereocenters. The van der Waals surface area contributed by atoms with Crippen LogP contribution < -0.4 is 10.6 Å². The molecular weight excluding hydrogens is 362 g/mol. The maximum atomic E-state index is 13.2. The molecule has 0 aliphatic rings. The molecule has 3 rings (SSSR count). The first-order valence-electron chi connectivity index (χ1n) is 8.99. The Hall–Kier alpha value is -2.99. The van der Waals surface area contributed by atoms with Crippen LogP contribution in [0.25, 0.3) is 10.8 Å².